The minimum absolute atomic E-state index is 0.0334. The van der Waals surface area contributed by atoms with Gasteiger partial charge in [0.1, 0.15) is 5.82 Å². The van der Waals surface area contributed by atoms with Crippen LogP contribution in [0.15, 0.2) is 48.5 Å². The standard InChI is InChI=1S/C18H22FNO/c1-2-3-7-18(15-8-10-16(19)11-9-15)20-17-6-4-5-14(12-17)13-21/h4-6,8-12,18,20-21H,2-3,7,13H2,1H3. The highest BCUT2D eigenvalue weighted by Crippen LogP contribution is 2.25. The first kappa shape index (κ1) is 15.5. The van der Waals surface area contributed by atoms with E-state index in [1.54, 1.807) is 0 Å². The molecule has 0 spiro atoms. The molecule has 0 aromatic heterocycles. The number of hydrogen-bond donors (Lipinski definition) is 2. The van der Waals surface area contributed by atoms with Gasteiger partial charge in [-0.2, -0.15) is 0 Å². The number of nitrogens with one attached hydrogen (secondary N) is 1. The molecule has 0 radical (unpaired) electrons. The normalized spacial score (nSPS) is 12.1. The van der Waals surface area contributed by atoms with Gasteiger partial charge in [-0.25, -0.2) is 4.39 Å². The molecule has 0 aliphatic carbocycles. The monoisotopic (exact) mass is 287 g/mol. The summed E-state index contributed by atoms with van der Waals surface area (Å²) in [6, 6.07) is 14.6. The van der Waals surface area contributed by atoms with Crippen LogP contribution in [0.4, 0.5) is 10.1 Å². The third-order valence-electron chi connectivity index (χ3n) is 3.57. The molecule has 2 aromatic rings. The predicted molar refractivity (Wildman–Crippen MR) is 84.7 cm³/mol. The SMILES string of the molecule is CCCCC(Nc1cccc(CO)c1)c1ccc(F)cc1. The zero-order valence-electron chi connectivity index (χ0n) is 12.3. The van der Waals surface area contributed by atoms with E-state index in [9.17, 15) is 9.50 Å². The van der Waals surface area contributed by atoms with Gasteiger partial charge in [-0.15, -0.1) is 0 Å². The molecule has 0 heterocycles. The highest BCUT2D eigenvalue weighted by atomic mass is 19.1. The van der Waals surface area contributed by atoms with Crippen LogP contribution in [0.3, 0.4) is 0 Å². The van der Waals surface area contributed by atoms with Crippen molar-refractivity contribution < 1.29 is 9.50 Å². The van der Waals surface area contributed by atoms with Crippen molar-refractivity contribution in [2.45, 2.75) is 38.8 Å². The second-order valence-electron chi connectivity index (χ2n) is 5.25. The number of halogens is 1. The minimum Gasteiger partial charge on any atom is -0.392 e. The summed E-state index contributed by atoms with van der Waals surface area (Å²) in [5.41, 5.74) is 2.94. The van der Waals surface area contributed by atoms with Crippen LogP contribution in [0.5, 0.6) is 0 Å². The lowest BCUT2D eigenvalue weighted by Crippen LogP contribution is -2.11. The fourth-order valence-electron chi connectivity index (χ4n) is 2.39. The molecule has 112 valence electrons. The third kappa shape index (κ3) is 4.57. The van der Waals surface area contributed by atoms with E-state index in [0.29, 0.717) is 0 Å². The van der Waals surface area contributed by atoms with Crippen molar-refractivity contribution in [3.63, 3.8) is 0 Å². The number of benzene rings is 2. The van der Waals surface area contributed by atoms with E-state index in [-0.39, 0.29) is 18.5 Å². The Morgan fingerprint density at radius 3 is 2.57 bits per heavy atom. The fraction of sp³-hybridized carbons (Fsp3) is 0.333. The molecule has 0 fully saturated rings. The Balaban J connectivity index is 2.17. The van der Waals surface area contributed by atoms with E-state index in [1.807, 2.05) is 36.4 Å². The maximum absolute atomic E-state index is 13.1. The van der Waals surface area contributed by atoms with Gasteiger partial charge in [-0.05, 0) is 41.8 Å². The number of anilines is 1. The number of aliphatic hydroxyl groups is 1. The summed E-state index contributed by atoms with van der Waals surface area (Å²) in [6.07, 6.45) is 3.22. The van der Waals surface area contributed by atoms with E-state index in [1.165, 1.54) is 12.1 Å². The maximum atomic E-state index is 13.1. The number of aliphatic hydroxyl groups excluding tert-OH is 1. The second-order valence-corrected chi connectivity index (χ2v) is 5.25. The summed E-state index contributed by atoms with van der Waals surface area (Å²) in [6.45, 7) is 2.19. The quantitative estimate of drug-likeness (QED) is 0.776. The van der Waals surface area contributed by atoms with Crippen LogP contribution in [0.25, 0.3) is 0 Å². The summed E-state index contributed by atoms with van der Waals surface area (Å²) in [4.78, 5) is 0. The molecule has 21 heavy (non-hydrogen) atoms. The first-order valence-electron chi connectivity index (χ1n) is 7.44. The molecular weight excluding hydrogens is 265 g/mol. The molecule has 0 amide bonds. The smallest absolute Gasteiger partial charge is 0.123 e. The summed E-state index contributed by atoms with van der Waals surface area (Å²) >= 11 is 0. The molecule has 0 aliphatic heterocycles. The number of rotatable bonds is 7. The van der Waals surface area contributed by atoms with Crippen molar-refractivity contribution in [2.24, 2.45) is 0 Å². The van der Waals surface area contributed by atoms with E-state index in [4.69, 9.17) is 0 Å². The Morgan fingerprint density at radius 1 is 1.14 bits per heavy atom. The minimum atomic E-state index is -0.213. The van der Waals surface area contributed by atoms with Crippen LogP contribution in [0.2, 0.25) is 0 Å². The molecule has 1 atom stereocenters. The zero-order chi connectivity index (χ0) is 15.1. The Bertz CT molecular complexity index is 553. The van der Waals surface area contributed by atoms with Crippen molar-refractivity contribution in [1.82, 2.24) is 0 Å². The van der Waals surface area contributed by atoms with Crippen LogP contribution in [-0.4, -0.2) is 5.11 Å². The van der Waals surface area contributed by atoms with Crippen molar-refractivity contribution in [3.8, 4) is 0 Å². The maximum Gasteiger partial charge on any atom is 0.123 e. The topological polar surface area (TPSA) is 32.3 Å². The fourth-order valence-corrected chi connectivity index (χ4v) is 2.39. The molecule has 0 aliphatic rings. The van der Waals surface area contributed by atoms with E-state index >= 15 is 0 Å². The molecule has 0 saturated carbocycles. The van der Waals surface area contributed by atoms with Crippen LogP contribution >= 0.6 is 0 Å². The second kappa shape index (κ2) is 7.79. The van der Waals surface area contributed by atoms with Gasteiger partial charge in [-0.1, -0.05) is 44.0 Å². The van der Waals surface area contributed by atoms with Crippen LogP contribution in [0.1, 0.15) is 43.4 Å². The van der Waals surface area contributed by atoms with Gasteiger partial charge in [-0.3, -0.25) is 0 Å². The Labute approximate surface area is 125 Å². The summed E-state index contributed by atoms with van der Waals surface area (Å²) in [7, 11) is 0. The highest BCUT2D eigenvalue weighted by molar-refractivity contribution is 5.47. The molecule has 0 saturated heterocycles. The summed E-state index contributed by atoms with van der Waals surface area (Å²) in [5, 5.41) is 12.7. The lowest BCUT2D eigenvalue weighted by molar-refractivity contribution is 0.282. The molecule has 2 N–H and O–H groups in total. The molecule has 3 heteroatoms. The van der Waals surface area contributed by atoms with Gasteiger partial charge >= 0.3 is 0 Å². The summed E-state index contributed by atoms with van der Waals surface area (Å²) in [5.74, 6) is -0.213. The molecule has 2 nitrogen and oxygen atoms in total. The van der Waals surface area contributed by atoms with Crippen LogP contribution in [0, 0.1) is 5.82 Å². The largest absolute Gasteiger partial charge is 0.392 e. The van der Waals surface area contributed by atoms with Gasteiger partial charge in [0.15, 0.2) is 0 Å². The predicted octanol–water partition coefficient (Wildman–Crippen LogP) is 4.66. The molecule has 1 unspecified atom stereocenters. The number of unbranched alkanes of at least 4 members (excludes halogenated alkanes) is 1. The Hall–Kier alpha value is -1.87. The van der Waals surface area contributed by atoms with Crippen molar-refractivity contribution >= 4 is 5.69 Å². The molecule has 0 bridgehead atoms. The highest BCUT2D eigenvalue weighted by Gasteiger charge is 2.11. The van der Waals surface area contributed by atoms with E-state index in [2.05, 4.69) is 12.2 Å². The lowest BCUT2D eigenvalue weighted by Gasteiger charge is -2.21. The van der Waals surface area contributed by atoms with Crippen LogP contribution in [-0.2, 0) is 6.61 Å². The van der Waals surface area contributed by atoms with Crippen molar-refractivity contribution in [1.29, 1.82) is 0 Å². The van der Waals surface area contributed by atoms with Crippen molar-refractivity contribution in [2.75, 3.05) is 5.32 Å². The zero-order valence-corrected chi connectivity index (χ0v) is 12.3. The third-order valence-corrected chi connectivity index (χ3v) is 3.57. The lowest BCUT2D eigenvalue weighted by atomic mass is 10.0. The van der Waals surface area contributed by atoms with Gasteiger partial charge in [0.25, 0.3) is 0 Å². The molecular formula is C18H22FNO. The first-order chi connectivity index (χ1) is 10.2. The van der Waals surface area contributed by atoms with E-state index < -0.39 is 0 Å². The molecule has 2 rings (SSSR count). The van der Waals surface area contributed by atoms with Gasteiger partial charge in [0.05, 0.1) is 12.6 Å². The average Bonchev–Trinajstić information content (AvgIpc) is 2.52. The Kier molecular flexibility index (Phi) is 5.76. The van der Waals surface area contributed by atoms with Gasteiger partial charge in [0.2, 0.25) is 0 Å². The van der Waals surface area contributed by atoms with Gasteiger partial charge in [0, 0.05) is 5.69 Å². The first-order valence-corrected chi connectivity index (χ1v) is 7.44. The average molecular weight is 287 g/mol. The van der Waals surface area contributed by atoms with Crippen LogP contribution < -0.4 is 5.32 Å². The summed E-state index contributed by atoms with van der Waals surface area (Å²) < 4.78 is 13.1. The van der Waals surface area contributed by atoms with Crippen molar-refractivity contribution in [3.05, 3.63) is 65.5 Å². The Morgan fingerprint density at radius 2 is 1.90 bits per heavy atom. The molecule has 2 aromatic carbocycles. The van der Waals surface area contributed by atoms with E-state index in [0.717, 1.165) is 36.1 Å². The number of hydrogen-bond acceptors (Lipinski definition) is 2. The van der Waals surface area contributed by atoms with Gasteiger partial charge < -0.3 is 10.4 Å².